The number of aromatic nitrogens is 2. The number of H-pyrrole nitrogens is 1. The molecule has 2 unspecified atom stereocenters. The quantitative estimate of drug-likeness (QED) is 0.656. The van der Waals surface area contributed by atoms with E-state index in [1.54, 1.807) is 6.92 Å². The maximum absolute atomic E-state index is 12.1. The number of halogens is 1. The summed E-state index contributed by atoms with van der Waals surface area (Å²) in [5.41, 5.74) is 5.90. The summed E-state index contributed by atoms with van der Waals surface area (Å²) in [5, 5.41) is 1.72. The van der Waals surface area contributed by atoms with Crippen LogP contribution in [0.25, 0.3) is 22.0 Å². The van der Waals surface area contributed by atoms with Crippen molar-refractivity contribution in [3.63, 3.8) is 0 Å². The summed E-state index contributed by atoms with van der Waals surface area (Å²) < 4.78 is 0. The monoisotopic (exact) mass is 351 g/mol. The van der Waals surface area contributed by atoms with Crippen molar-refractivity contribution in [1.82, 2.24) is 14.9 Å². The summed E-state index contributed by atoms with van der Waals surface area (Å²) in [5.74, 6) is 0.186. The van der Waals surface area contributed by atoms with Gasteiger partial charge in [-0.2, -0.15) is 0 Å². The molecule has 4 nitrogen and oxygen atoms in total. The van der Waals surface area contributed by atoms with Gasteiger partial charge in [-0.15, -0.1) is 0 Å². The number of benzene rings is 1. The first kappa shape index (κ1) is 15.0. The molecule has 126 valence electrons. The lowest BCUT2D eigenvalue weighted by molar-refractivity contribution is -0.132. The summed E-state index contributed by atoms with van der Waals surface area (Å²) in [4.78, 5) is 22.1. The minimum absolute atomic E-state index is 0.186. The van der Waals surface area contributed by atoms with Crippen molar-refractivity contribution in [2.45, 2.75) is 38.3 Å². The zero-order valence-corrected chi connectivity index (χ0v) is 14.7. The zero-order valence-electron chi connectivity index (χ0n) is 13.9. The van der Waals surface area contributed by atoms with Crippen molar-refractivity contribution < 1.29 is 4.79 Å². The number of para-hydroxylation sites is 1. The summed E-state index contributed by atoms with van der Waals surface area (Å²) >= 11 is 5.93. The average molecular weight is 352 g/mol. The number of hydrogen-bond donors (Lipinski definition) is 1. The second kappa shape index (κ2) is 5.33. The van der Waals surface area contributed by atoms with Crippen LogP contribution in [0.1, 0.15) is 37.1 Å². The molecule has 1 N–H and O–H groups in total. The normalized spacial score (nSPS) is 21.6. The molecule has 0 radical (unpaired) electrons. The van der Waals surface area contributed by atoms with E-state index in [9.17, 15) is 4.79 Å². The standard InChI is InChI=1S/C20H18ClN3O/c1-11(25)24-13-6-7-17(24)19-15-4-2-3-14(20(15)23-16(19)9-13)12-5-8-18(21)22-10-12/h2-5,8,10,13,17,23H,6-7,9H2,1H3. The molecule has 1 fully saturated rings. The minimum atomic E-state index is 0.186. The maximum atomic E-state index is 12.1. The van der Waals surface area contributed by atoms with Gasteiger partial charge < -0.3 is 9.88 Å². The second-order valence-electron chi connectivity index (χ2n) is 6.99. The number of nitrogens with zero attached hydrogens (tertiary/aromatic N) is 2. The number of carbonyl (C=O) groups excluding carboxylic acids is 1. The Morgan fingerprint density at radius 1 is 1.28 bits per heavy atom. The molecule has 5 heteroatoms. The fraction of sp³-hybridized carbons (Fsp3) is 0.300. The van der Waals surface area contributed by atoms with E-state index in [0.717, 1.165) is 35.9 Å². The Bertz CT molecular complexity index is 992. The van der Waals surface area contributed by atoms with E-state index in [2.05, 4.69) is 33.1 Å². The highest BCUT2D eigenvalue weighted by molar-refractivity contribution is 6.29. The Labute approximate surface area is 150 Å². The first-order chi connectivity index (χ1) is 12.1. The molecule has 0 spiro atoms. The van der Waals surface area contributed by atoms with Gasteiger partial charge in [-0.05, 0) is 25.0 Å². The molecular weight excluding hydrogens is 334 g/mol. The lowest BCUT2D eigenvalue weighted by atomic mass is 9.95. The summed E-state index contributed by atoms with van der Waals surface area (Å²) in [7, 11) is 0. The minimum Gasteiger partial charge on any atom is -0.358 e. The highest BCUT2D eigenvalue weighted by Crippen LogP contribution is 2.47. The van der Waals surface area contributed by atoms with Crippen LogP contribution in [0.4, 0.5) is 0 Å². The Morgan fingerprint density at radius 2 is 2.16 bits per heavy atom. The van der Waals surface area contributed by atoms with Crippen LogP contribution < -0.4 is 0 Å². The molecule has 1 saturated heterocycles. The molecule has 0 aliphatic carbocycles. The number of aromatic amines is 1. The van der Waals surface area contributed by atoms with Crippen molar-refractivity contribution in [2.24, 2.45) is 0 Å². The Hall–Kier alpha value is -2.33. The molecule has 0 saturated carbocycles. The van der Waals surface area contributed by atoms with E-state index in [0.29, 0.717) is 11.2 Å². The van der Waals surface area contributed by atoms with Gasteiger partial charge in [0, 0.05) is 53.4 Å². The molecule has 3 aromatic rings. The van der Waals surface area contributed by atoms with Crippen LogP contribution in [0.2, 0.25) is 5.15 Å². The van der Waals surface area contributed by atoms with Gasteiger partial charge in [-0.25, -0.2) is 4.98 Å². The van der Waals surface area contributed by atoms with Crippen molar-refractivity contribution in [1.29, 1.82) is 0 Å². The smallest absolute Gasteiger partial charge is 0.220 e. The molecule has 2 bridgehead atoms. The summed E-state index contributed by atoms with van der Waals surface area (Å²) in [6.07, 6.45) is 4.87. The molecule has 1 aromatic carbocycles. The van der Waals surface area contributed by atoms with Gasteiger partial charge in [0.2, 0.25) is 5.91 Å². The molecule has 2 aromatic heterocycles. The molecule has 2 aliphatic heterocycles. The van der Waals surface area contributed by atoms with Gasteiger partial charge in [0.1, 0.15) is 5.15 Å². The Kier molecular flexibility index (Phi) is 3.19. The Balaban J connectivity index is 1.71. The molecule has 25 heavy (non-hydrogen) atoms. The van der Waals surface area contributed by atoms with Crippen molar-refractivity contribution >= 4 is 28.4 Å². The largest absolute Gasteiger partial charge is 0.358 e. The molecule has 2 atom stereocenters. The molecular formula is C20H18ClN3O. The topological polar surface area (TPSA) is 49.0 Å². The number of carbonyl (C=O) groups is 1. The third-order valence-corrected chi connectivity index (χ3v) is 5.86. The second-order valence-corrected chi connectivity index (χ2v) is 7.38. The molecule has 1 amide bonds. The van der Waals surface area contributed by atoms with Crippen LogP contribution in [0, 0.1) is 0 Å². The zero-order chi connectivity index (χ0) is 17.1. The van der Waals surface area contributed by atoms with Crippen molar-refractivity contribution in [2.75, 3.05) is 0 Å². The third kappa shape index (κ3) is 2.13. The van der Waals surface area contributed by atoms with Gasteiger partial charge in [-0.1, -0.05) is 29.8 Å². The van der Waals surface area contributed by atoms with Crippen LogP contribution in [0.5, 0.6) is 0 Å². The number of rotatable bonds is 1. The maximum Gasteiger partial charge on any atom is 0.220 e. The predicted octanol–water partition coefficient (Wildman–Crippen LogP) is 4.49. The number of pyridine rings is 1. The van der Waals surface area contributed by atoms with Gasteiger partial charge in [0.05, 0.1) is 11.6 Å². The third-order valence-electron chi connectivity index (χ3n) is 5.63. The van der Waals surface area contributed by atoms with E-state index >= 15 is 0 Å². The fourth-order valence-corrected chi connectivity index (χ4v) is 4.80. The van der Waals surface area contributed by atoms with Crippen LogP contribution in [-0.2, 0) is 11.2 Å². The summed E-state index contributed by atoms with van der Waals surface area (Å²) in [6, 6.07) is 10.7. The fourth-order valence-electron chi connectivity index (χ4n) is 4.69. The predicted molar refractivity (Wildman–Crippen MR) is 98.5 cm³/mol. The molecule has 2 aliphatic rings. The van der Waals surface area contributed by atoms with Crippen LogP contribution >= 0.6 is 11.6 Å². The molecule has 5 rings (SSSR count). The lowest BCUT2D eigenvalue weighted by Gasteiger charge is -2.34. The number of fused-ring (bicyclic) bond motifs is 6. The van der Waals surface area contributed by atoms with Crippen molar-refractivity contribution in [3.8, 4) is 11.1 Å². The number of hydrogen-bond acceptors (Lipinski definition) is 2. The van der Waals surface area contributed by atoms with E-state index in [1.807, 2.05) is 18.3 Å². The highest BCUT2D eigenvalue weighted by Gasteiger charge is 2.43. The van der Waals surface area contributed by atoms with E-state index in [-0.39, 0.29) is 11.9 Å². The first-order valence-electron chi connectivity index (χ1n) is 8.68. The average Bonchev–Trinajstić information content (AvgIpc) is 3.13. The van der Waals surface area contributed by atoms with E-state index in [1.165, 1.54) is 16.6 Å². The van der Waals surface area contributed by atoms with Gasteiger partial charge in [0.15, 0.2) is 0 Å². The molecule has 4 heterocycles. The lowest BCUT2D eigenvalue weighted by Crippen LogP contribution is -2.40. The van der Waals surface area contributed by atoms with E-state index in [4.69, 9.17) is 11.6 Å². The number of amides is 1. The van der Waals surface area contributed by atoms with Crippen LogP contribution in [0.15, 0.2) is 36.5 Å². The Morgan fingerprint density at radius 3 is 2.92 bits per heavy atom. The van der Waals surface area contributed by atoms with Gasteiger partial charge in [-0.3, -0.25) is 4.79 Å². The van der Waals surface area contributed by atoms with Crippen molar-refractivity contribution in [3.05, 3.63) is 52.9 Å². The highest BCUT2D eigenvalue weighted by atomic mass is 35.5. The SMILES string of the molecule is CC(=O)N1C2CCC1c1c([nH]c3c(-c4ccc(Cl)nc4)cccc13)C2. The van der Waals surface area contributed by atoms with E-state index < -0.39 is 0 Å². The van der Waals surface area contributed by atoms with Gasteiger partial charge >= 0.3 is 0 Å². The summed E-state index contributed by atoms with van der Waals surface area (Å²) in [6.45, 7) is 1.69. The van der Waals surface area contributed by atoms with Crippen LogP contribution in [0.3, 0.4) is 0 Å². The number of nitrogens with one attached hydrogen (secondary N) is 1. The van der Waals surface area contributed by atoms with Gasteiger partial charge in [0.25, 0.3) is 0 Å². The van der Waals surface area contributed by atoms with Crippen LogP contribution in [-0.4, -0.2) is 26.8 Å². The first-order valence-corrected chi connectivity index (χ1v) is 9.05.